The van der Waals surface area contributed by atoms with Crippen molar-refractivity contribution in [2.75, 3.05) is 40.0 Å². The van der Waals surface area contributed by atoms with Gasteiger partial charge in [0, 0.05) is 34.9 Å². The molecule has 1 rings (SSSR count). The third kappa shape index (κ3) is 8.32. The van der Waals surface area contributed by atoms with Gasteiger partial charge in [-0.25, -0.2) is 4.98 Å². The first-order valence-corrected chi connectivity index (χ1v) is 8.73. The van der Waals surface area contributed by atoms with Gasteiger partial charge in [-0.15, -0.1) is 11.3 Å². The lowest BCUT2D eigenvalue weighted by Gasteiger charge is -2.13. The lowest BCUT2D eigenvalue weighted by Crippen LogP contribution is -2.46. The Morgan fingerprint density at radius 1 is 1.57 bits per heavy atom. The molecule has 0 spiro atoms. The number of nitrogens with one attached hydrogen (secondary N) is 2. The number of hydrogen-bond donors (Lipinski definition) is 2. The van der Waals surface area contributed by atoms with E-state index in [2.05, 4.69) is 25.9 Å². The van der Waals surface area contributed by atoms with E-state index in [1.807, 2.05) is 14.1 Å². The van der Waals surface area contributed by atoms with E-state index in [-0.39, 0.29) is 17.6 Å². The van der Waals surface area contributed by atoms with E-state index >= 15 is 0 Å². The maximum atomic E-state index is 10.4. The van der Waals surface area contributed by atoms with E-state index < -0.39 is 0 Å². The molecule has 1 aromatic heterocycles. The van der Waals surface area contributed by atoms with Crippen molar-refractivity contribution in [1.29, 1.82) is 0 Å². The van der Waals surface area contributed by atoms with Crippen molar-refractivity contribution in [3.63, 3.8) is 0 Å². The van der Waals surface area contributed by atoms with E-state index in [0.29, 0.717) is 0 Å². The number of aromatic nitrogens is 1. The predicted octanol–water partition coefficient (Wildman–Crippen LogP) is 0.850. The molecule has 120 valence electrons. The van der Waals surface area contributed by atoms with Crippen molar-refractivity contribution in [3.8, 4) is 0 Å². The minimum absolute atomic E-state index is 0.110. The van der Waals surface area contributed by atoms with Gasteiger partial charge in [-0.2, -0.15) is 11.8 Å². The van der Waals surface area contributed by atoms with Crippen LogP contribution in [0.2, 0.25) is 0 Å². The van der Waals surface area contributed by atoms with Crippen molar-refractivity contribution >= 4 is 23.1 Å². The van der Waals surface area contributed by atoms with Crippen LogP contribution in [0, 0.1) is 10.1 Å². The lowest BCUT2D eigenvalue weighted by atomic mass is 10.5. The Hall–Kier alpha value is -0.740. The molecule has 9 heteroatoms. The number of thiazole rings is 1. The Bertz CT molecular complexity index is 428. The van der Waals surface area contributed by atoms with Gasteiger partial charge in [-0.05, 0) is 21.1 Å². The van der Waals surface area contributed by atoms with Crippen molar-refractivity contribution < 1.29 is 4.92 Å². The van der Waals surface area contributed by atoms with Crippen molar-refractivity contribution in [3.05, 3.63) is 26.2 Å². The summed E-state index contributed by atoms with van der Waals surface area (Å²) < 4.78 is 0. The predicted molar refractivity (Wildman–Crippen MR) is 88.4 cm³/mol. The normalized spacial score (nSPS) is 12.8. The smallest absolute Gasteiger partial charge is 0.231 e. The summed E-state index contributed by atoms with van der Waals surface area (Å²) in [6, 6.07) is 0. The quantitative estimate of drug-likeness (QED) is 0.269. The first-order chi connectivity index (χ1) is 10.0. The first kappa shape index (κ1) is 18.3. The molecule has 0 saturated heterocycles. The van der Waals surface area contributed by atoms with E-state index in [1.54, 1.807) is 30.1 Å². The minimum Gasteiger partial charge on any atom is -0.303 e. The highest BCUT2D eigenvalue weighted by atomic mass is 32.2. The molecule has 21 heavy (non-hydrogen) atoms. The fourth-order valence-corrected chi connectivity index (χ4v) is 3.43. The second-order valence-electron chi connectivity index (χ2n) is 4.83. The van der Waals surface area contributed by atoms with Gasteiger partial charge < -0.3 is 4.90 Å². The average molecular weight is 333 g/mol. The summed E-state index contributed by atoms with van der Waals surface area (Å²) in [6.07, 6.45) is -0.272. The molecule has 0 aliphatic heterocycles. The number of nitro groups is 1. The van der Waals surface area contributed by atoms with Crippen LogP contribution in [-0.2, 0) is 12.3 Å². The third-order valence-corrected chi connectivity index (χ3v) is 4.49. The highest BCUT2D eigenvalue weighted by Gasteiger charge is 2.11. The summed E-state index contributed by atoms with van der Waals surface area (Å²) in [5.41, 5.74) is 1.11. The fourth-order valence-electron chi connectivity index (χ4n) is 1.65. The van der Waals surface area contributed by atoms with E-state index in [4.69, 9.17) is 0 Å². The fraction of sp³-hybridized carbons (Fsp3) is 0.750. The Labute approximate surface area is 133 Å². The molecule has 1 heterocycles. The molecule has 1 aromatic rings. The Morgan fingerprint density at radius 2 is 2.33 bits per heavy atom. The molecule has 0 aliphatic rings. The zero-order valence-electron chi connectivity index (χ0n) is 12.7. The van der Waals surface area contributed by atoms with Crippen LogP contribution < -0.4 is 10.6 Å². The van der Waals surface area contributed by atoms with E-state index in [1.165, 1.54) is 0 Å². The summed E-state index contributed by atoms with van der Waals surface area (Å²) in [4.78, 5) is 16.8. The molecule has 0 radical (unpaired) electrons. The van der Waals surface area contributed by atoms with Crippen LogP contribution in [-0.4, -0.2) is 61.0 Å². The van der Waals surface area contributed by atoms with Gasteiger partial charge in [0.05, 0.1) is 5.69 Å². The van der Waals surface area contributed by atoms with Gasteiger partial charge in [-0.3, -0.25) is 20.7 Å². The maximum Gasteiger partial charge on any atom is 0.231 e. The Balaban J connectivity index is 2.16. The van der Waals surface area contributed by atoms with Crippen LogP contribution in [0.15, 0.2) is 5.38 Å². The summed E-state index contributed by atoms with van der Waals surface area (Å²) >= 11 is 3.47. The van der Waals surface area contributed by atoms with Gasteiger partial charge in [0.2, 0.25) is 6.54 Å². The molecule has 0 aliphatic carbocycles. The summed E-state index contributed by atoms with van der Waals surface area (Å²) in [6.45, 7) is 1.50. The van der Waals surface area contributed by atoms with Crippen LogP contribution >= 0.6 is 23.1 Å². The third-order valence-electron chi connectivity index (χ3n) is 2.62. The van der Waals surface area contributed by atoms with Gasteiger partial charge in [-0.1, -0.05) is 0 Å². The van der Waals surface area contributed by atoms with Gasteiger partial charge in [0.15, 0.2) is 0 Å². The number of hydrogen-bond acceptors (Lipinski definition) is 8. The molecular formula is C12H23N5O2S2. The summed E-state index contributed by atoms with van der Waals surface area (Å²) in [7, 11) is 5.78. The van der Waals surface area contributed by atoms with Crippen molar-refractivity contribution in [2.24, 2.45) is 0 Å². The molecule has 0 bridgehead atoms. The molecule has 0 fully saturated rings. The van der Waals surface area contributed by atoms with Crippen LogP contribution in [0.25, 0.3) is 0 Å². The van der Waals surface area contributed by atoms with Crippen LogP contribution in [0.5, 0.6) is 0 Å². The van der Waals surface area contributed by atoms with Crippen LogP contribution in [0.3, 0.4) is 0 Å². The molecule has 0 aromatic carbocycles. The van der Waals surface area contributed by atoms with Gasteiger partial charge >= 0.3 is 0 Å². The number of thioether (sulfide) groups is 1. The number of rotatable bonds is 11. The summed E-state index contributed by atoms with van der Waals surface area (Å²) in [5.74, 6) is 1.78. The number of nitrogens with zero attached hydrogens (tertiary/aromatic N) is 3. The SMILES string of the molecule is CNC(C[N+](=O)[O-])NCCSCc1csc(CN(C)C)n1. The summed E-state index contributed by atoms with van der Waals surface area (Å²) in [5, 5.41) is 19.7. The minimum atomic E-state index is -0.317. The average Bonchev–Trinajstić information content (AvgIpc) is 2.83. The molecule has 1 unspecified atom stereocenters. The monoisotopic (exact) mass is 333 g/mol. The molecule has 2 N–H and O–H groups in total. The second-order valence-corrected chi connectivity index (χ2v) is 6.88. The maximum absolute atomic E-state index is 10.4. The molecule has 7 nitrogen and oxygen atoms in total. The zero-order chi connectivity index (χ0) is 15.7. The van der Waals surface area contributed by atoms with E-state index in [9.17, 15) is 10.1 Å². The second kappa shape index (κ2) is 10.1. The molecule has 0 amide bonds. The highest BCUT2D eigenvalue weighted by Crippen LogP contribution is 2.16. The standard InChI is InChI=1S/C12H23N5O2S2/c1-13-11(6-17(18)19)14-4-5-20-8-10-9-21-12(15-10)7-16(2)3/h9,11,13-14H,4-8H2,1-3H3. The molecule has 0 saturated carbocycles. The van der Waals surface area contributed by atoms with Crippen molar-refractivity contribution in [1.82, 2.24) is 20.5 Å². The van der Waals surface area contributed by atoms with E-state index in [0.717, 1.165) is 35.3 Å². The Kier molecular flexibility index (Phi) is 8.77. The lowest BCUT2D eigenvalue weighted by molar-refractivity contribution is -0.484. The van der Waals surface area contributed by atoms with Gasteiger partial charge in [0.25, 0.3) is 0 Å². The first-order valence-electron chi connectivity index (χ1n) is 6.69. The van der Waals surface area contributed by atoms with Crippen LogP contribution in [0.4, 0.5) is 0 Å². The molecular weight excluding hydrogens is 310 g/mol. The number of likely N-dealkylation sites (N-methyl/N-ethyl adjacent to an activating group) is 1. The Morgan fingerprint density at radius 3 is 2.95 bits per heavy atom. The molecule has 1 atom stereocenters. The topological polar surface area (TPSA) is 83.3 Å². The highest BCUT2D eigenvalue weighted by molar-refractivity contribution is 7.98. The van der Waals surface area contributed by atoms with Gasteiger partial charge in [0.1, 0.15) is 11.2 Å². The van der Waals surface area contributed by atoms with Crippen molar-refractivity contribution in [2.45, 2.75) is 18.5 Å². The largest absolute Gasteiger partial charge is 0.303 e. The zero-order valence-corrected chi connectivity index (χ0v) is 14.3. The van der Waals surface area contributed by atoms with Crippen LogP contribution in [0.1, 0.15) is 10.7 Å².